The van der Waals surface area contributed by atoms with Crippen molar-refractivity contribution in [3.05, 3.63) is 65.6 Å². The first-order chi connectivity index (χ1) is 17.1. The third kappa shape index (κ3) is 4.12. The van der Waals surface area contributed by atoms with Gasteiger partial charge < -0.3 is 10.3 Å². The number of rotatable bonds is 7. The van der Waals surface area contributed by atoms with Crippen molar-refractivity contribution in [3.8, 4) is 22.6 Å². The second-order valence-electron chi connectivity index (χ2n) is 9.41. The van der Waals surface area contributed by atoms with Gasteiger partial charge in [0.05, 0.1) is 11.7 Å². The maximum Gasteiger partial charge on any atom is 0.163 e. The summed E-state index contributed by atoms with van der Waals surface area (Å²) in [4.78, 5) is 22.6. The molecule has 1 aliphatic carbocycles. The lowest BCUT2D eigenvalue weighted by Gasteiger charge is -2.18. The van der Waals surface area contributed by atoms with Gasteiger partial charge >= 0.3 is 0 Å². The Morgan fingerprint density at radius 3 is 2.77 bits per heavy atom. The van der Waals surface area contributed by atoms with Gasteiger partial charge in [-0.2, -0.15) is 0 Å². The van der Waals surface area contributed by atoms with E-state index >= 15 is 0 Å². The Balaban J connectivity index is 1.53. The summed E-state index contributed by atoms with van der Waals surface area (Å²) in [6.07, 6.45) is 10.2. The molecule has 1 atom stereocenters. The fourth-order valence-electron chi connectivity index (χ4n) is 4.82. The van der Waals surface area contributed by atoms with Crippen LogP contribution in [0.15, 0.2) is 55.0 Å². The number of H-pyrrole nitrogens is 1. The summed E-state index contributed by atoms with van der Waals surface area (Å²) in [6.45, 7) is 4.42. The molecule has 2 N–H and O–H groups in total. The Hall–Kier alpha value is -3.51. The lowest BCUT2D eigenvalue weighted by Crippen LogP contribution is -2.16. The van der Waals surface area contributed by atoms with E-state index in [9.17, 15) is 0 Å². The molecule has 7 heteroatoms. The first-order valence-corrected chi connectivity index (χ1v) is 12.7. The molecule has 1 aliphatic rings. The molecule has 176 valence electrons. The zero-order chi connectivity index (χ0) is 23.9. The van der Waals surface area contributed by atoms with Crippen LogP contribution in [0.2, 0.25) is 5.02 Å². The van der Waals surface area contributed by atoms with Gasteiger partial charge in [0.1, 0.15) is 11.5 Å². The average molecular weight is 483 g/mol. The molecule has 0 spiro atoms. The molecule has 6 nitrogen and oxygen atoms in total. The van der Waals surface area contributed by atoms with Gasteiger partial charge in [-0.1, -0.05) is 43.1 Å². The summed E-state index contributed by atoms with van der Waals surface area (Å²) >= 11 is 6.47. The van der Waals surface area contributed by atoms with Crippen molar-refractivity contribution in [1.82, 2.24) is 24.9 Å². The van der Waals surface area contributed by atoms with Crippen LogP contribution >= 0.6 is 11.6 Å². The van der Waals surface area contributed by atoms with Crippen LogP contribution in [0.25, 0.3) is 44.6 Å². The fraction of sp³-hybridized carbons (Fsp3) is 0.286. The Kier molecular flexibility index (Phi) is 5.61. The van der Waals surface area contributed by atoms with E-state index in [2.05, 4.69) is 40.2 Å². The van der Waals surface area contributed by atoms with Gasteiger partial charge in [0.25, 0.3) is 0 Å². The first kappa shape index (κ1) is 22.0. The highest BCUT2D eigenvalue weighted by Crippen LogP contribution is 2.44. The van der Waals surface area contributed by atoms with Crippen molar-refractivity contribution in [2.24, 2.45) is 0 Å². The third-order valence-corrected chi connectivity index (χ3v) is 7.02. The largest absolute Gasteiger partial charge is 0.367 e. The van der Waals surface area contributed by atoms with Gasteiger partial charge in [-0.05, 0) is 55.9 Å². The summed E-state index contributed by atoms with van der Waals surface area (Å²) in [6, 6.07) is 12.2. The van der Waals surface area contributed by atoms with Crippen molar-refractivity contribution in [1.29, 1.82) is 0 Å². The van der Waals surface area contributed by atoms with E-state index in [0.717, 1.165) is 57.4 Å². The second-order valence-corrected chi connectivity index (χ2v) is 9.82. The van der Waals surface area contributed by atoms with Crippen LogP contribution in [0.5, 0.6) is 0 Å². The molecule has 0 unspecified atom stereocenters. The zero-order valence-electron chi connectivity index (χ0n) is 19.8. The van der Waals surface area contributed by atoms with E-state index in [0.29, 0.717) is 22.8 Å². The summed E-state index contributed by atoms with van der Waals surface area (Å²) in [5.74, 6) is 2.11. The number of nitrogens with one attached hydrogen (secondary N) is 2. The number of anilines is 1. The van der Waals surface area contributed by atoms with Crippen LogP contribution in [-0.2, 0) is 0 Å². The molecule has 1 fully saturated rings. The number of halogens is 1. The Morgan fingerprint density at radius 1 is 1.11 bits per heavy atom. The highest BCUT2D eigenvalue weighted by atomic mass is 35.5. The number of aromatic amines is 1. The van der Waals surface area contributed by atoms with Gasteiger partial charge in [0.15, 0.2) is 5.82 Å². The molecule has 1 saturated carbocycles. The summed E-state index contributed by atoms with van der Waals surface area (Å²) in [7, 11) is 0. The van der Waals surface area contributed by atoms with E-state index in [1.807, 2.05) is 42.7 Å². The maximum atomic E-state index is 6.47. The molecule has 0 aliphatic heterocycles. The van der Waals surface area contributed by atoms with Crippen molar-refractivity contribution < 1.29 is 0 Å². The minimum Gasteiger partial charge on any atom is -0.367 e. The van der Waals surface area contributed by atoms with Crippen molar-refractivity contribution >= 4 is 39.4 Å². The van der Waals surface area contributed by atoms with Crippen LogP contribution in [0.1, 0.15) is 51.0 Å². The summed E-state index contributed by atoms with van der Waals surface area (Å²) in [5, 5.41) is 6.44. The molecular weight excluding hydrogens is 456 g/mol. The van der Waals surface area contributed by atoms with Gasteiger partial charge in [0, 0.05) is 51.1 Å². The number of hydrogen-bond donors (Lipinski definition) is 2. The van der Waals surface area contributed by atoms with Gasteiger partial charge in [-0.15, -0.1) is 0 Å². The molecule has 0 radical (unpaired) electrons. The second kappa shape index (κ2) is 8.93. The van der Waals surface area contributed by atoms with Crippen LogP contribution in [0, 0.1) is 0 Å². The molecule has 4 heterocycles. The Bertz CT molecular complexity index is 1540. The Labute approximate surface area is 209 Å². The summed E-state index contributed by atoms with van der Waals surface area (Å²) < 4.78 is 0. The van der Waals surface area contributed by atoms with Crippen molar-refractivity contribution in [2.75, 3.05) is 5.32 Å². The topological polar surface area (TPSA) is 79.4 Å². The lowest BCUT2D eigenvalue weighted by molar-refractivity contribution is 0.688. The molecule has 6 rings (SSSR count). The molecule has 1 aromatic carbocycles. The zero-order valence-corrected chi connectivity index (χ0v) is 20.6. The predicted octanol–water partition coefficient (Wildman–Crippen LogP) is 7.37. The number of pyridine rings is 2. The quantitative estimate of drug-likeness (QED) is 0.253. The normalized spacial score (nSPS) is 14.5. The van der Waals surface area contributed by atoms with E-state index in [4.69, 9.17) is 21.6 Å². The minimum absolute atomic E-state index is 0.308. The molecule has 0 bridgehead atoms. The Morgan fingerprint density at radius 2 is 1.97 bits per heavy atom. The van der Waals surface area contributed by atoms with Crippen molar-refractivity contribution in [3.63, 3.8) is 0 Å². The van der Waals surface area contributed by atoms with E-state index in [1.54, 1.807) is 6.20 Å². The molecule has 35 heavy (non-hydrogen) atoms. The first-order valence-electron chi connectivity index (χ1n) is 12.3. The van der Waals surface area contributed by atoms with Gasteiger partial charge in [-0.3, -0.25) is 4.98 Å². The highest BCUT2D eigenvalue weighted by Gasteiger charge is 2.28. The number of nitrogens with zero attached hydrogens (tertiary/aromatic N) is 4. The molecule has 0 saturated heterocycles. The monoisotopic (exact) mass is 482 g/mol. The number of aromatic nitrogens is 5. The summed E-state index contributed by atoms with van der Waals surface area (Å²) in [5.41, 5.74) is 5.68. The van der Waals surface area contributed by atoms with Crippen LogP contribution in [-0.4, -0.2) is 31.0 Å². The predicted molar refractivity (Wildman–Crippen MR) is 143 cm³/mol. The van der Waals surface area contributed by atoms with Crippen LogP contribution in [0.4, 0.5) is 5.82 Å². The number of fused-ring (bicyclic) bond motifs is 2. The molecule has 4 aromatic heterocycles. The number of benzene rings is 1. The maximum absolute atomic E-state index is 6.47. The van der Waals surface area contributed by atoms with Crippen LogP contribution in [0.3, 0.4) is 0 Å². The van der Waals surface area contributed by atoms with E-state index < -0.39 is 0 Å². The number of hydrogen-bond acceptors (Lipinski definition) is 5. The molecule has 0 amide bonds. The fourth-order valence-corrected chi connectivity index (χ4v) is 5.06. The highest BCUT2D eigenvalue weighted by molar-refractivity contribution is 6.33. The van der Waals surface area contributed by atoms with Gasteiger partial charge in [0.2, 0.25) is 0 Å². The third-order valence-electron chi connectivity index (χ3n) is 6.69. The van der Waals surface area contributed by atoms with E-state index in [1.165, 1.54) is 18.4 Å². The van der Waals surface area contributed by atoms with Gasteiger partial charge in [-0.25, -0.2) is 15.0 Å². The van der Waals surface area contributed by atoms with E-state index in [-0.39, 0.29) is 0 Å². The lowest BCUT2D eigenvalue weighted by atomic mass is 10.1. The standard InChI is InChI=1S/C28H27ClN6/c1-3-6-16(2)32-28-25-21(17-9-10-17)14-30-15-24(25)34-27(35-28)18-11-12-31-26-20(18)13-23(33-26)19-7-4-5-8-22(19)29/h4-5,7-8,11-17H,3,6,9-10H2,1-2H3,(H,31,33)(H,32,34,35)/t16-/m1/s1. The smallest absolute Gasteiger partial charge is 0.163 e. The van der Waals surface area contributed by atoms with Crippen molar-refractivity contribution in [2.45, 2.75) is 51.5 Å². The molecular formula is C28H27ClN6. The average Bonchev–Trinajstić information content (AvgIpc) is 3.61. The molecule has 5 aromatic rings. The van der Waals surface area contributed by atoms with Crippen LogP contribution < -0.4 is 5.32 Å². The SMILES string of the molecule is CCC[C@@H](C)Nc1nc(-c2ccnc3[nH]c(-c4ccccc4Cl)cc23)nc2cncc(C3CC3)c12. The minimum atomic E-state index is 0.308.